The fourth-order valence-electron chi connectivity index (χ4n) is 3.82. The molecule has 156 valence electrons. The van der Waals surface area contributed by atoms with Gasteiger partial charge in [-0.2, -0.15) is 0 Å². The summed E-state index contributed by atoms with van der Waals surface area (Å²) in [5, 5.41) is 4.20. The van der Waals surface area contributed by atoms with E-state index in [9.17, 15) is 4.79 Å². The highest BCUT2D eigenvalue weighted by Crippen LogP contribution is 2.22. The van der Waals surface area contributed by atoms with E-state index in [1.165, 1.54) is 57.8 Å². The van der Waals surface area contributed by atoms with Crippen molar-refractivity contribution in [2.24, 2.45) is 5.73 Å². The summed E-state index contributed by atoms with van der Waals surface area (Å²) in [6, 6.07) is 8.10. The first kappa shape index (κ1) is 22.5. The lowest BCUT2D eigenvalue weighted by molar-refractivity contribution is 0.243. The molecule has 0 aliphatic rings. The van der Waals surface area contributed by atoms with E-state index in [1.807, 2.05) is 31.3 Å². The smallest absolute Gasteiger partial charge is 0.326 e. The maximum Gasteiger partial charge on any atom is 0.326 e. The SMILES string of the molecule is CCCCCCCCCCCCNC(=O)n1cc(C[C@@H](C)N)c2ccccc21. The molecular formula is C24H39N3O. The summed E-state index contributed by atoms with van der Waals surface area (Å²) in [4.78, 5) is 12.6. The molecule has 2 rings (SSSR count). The molecule has 3 N–H and O–H groups in total. The second kappa shape index (κ2) is 12.6. The Kier molecular flexibility index (Phi) is 10.1. The summed E-state index contributed by atoms with van der Waals surface area (Å²) in [7, 11) is 0. The Hall–Kier alpha value is -1.81. The van der Waals surface area contributed by atoms with Gasteiger partial charge < -0.3 is 11.1 Å². The van der Waals surface area contributed by atoms with Gasteiger partial charge in [0.25, 0.3) is 0 Å². The number of unbranched alkanes of at least 4 members (excludes halogenated alkanes) is 9. The van der Waals surface area contributed by atoms with Crippen molar-refractivity contribution >= 4 is 16.9 Å². The number of amides is 1. The Bertz CT molecular complexity index is 705. The number of nitrogens with zero attached hydrogens (tertiary/aromatic N) is 1. The zero-order valence-corrected chi connectivity index (χ0v) is 17.9. The minimum Gasteiger partial charge on any atom is -0.337 e. The lowest BCUT2D eigenvalue weighted by atomic mass is 10.1. The quantitative estimate of drug-likeness (QED) is 0.415. The first-order valence-electron chi connectivity index (χ1n) is 11.3. The molecule has 1 aromatic carbocycles. The summed E-state index contributed by atoms with van der Waals surface area (Å²) in [5.41, 5.74) is 8.07. The Labute approximate surface area is 170 Å². The number of hydrogen-bond acceptors (Lipinski definition) is 2. The van der Waals surface area contributed by atoms with Crippen LogP contribution in [-0.4, -0.2) is 23.2 Å². The van der Waals surface area contributed by atoms with Crippen LogP contribution in [0.3, 0.4) is 0 Å². The Morgan fingerprint density at radius 2 is 1.61 bits per heavy atom. The van der Waals surface area contributed by atoms with E-state index in [4.69, 9.17) is 5.73 Å². The zero-order valence-electron chi connectivity index (χ0n) is 17.9. The fourth-order valence-corrected chi connectivity index (χ4v) is 3.82. The number of nitrogens with one attached hydrogen (secondary N) is 1. The molecule has 1 amide bonds. The van der Waals surface area contributed by atoms with Gasteiger partial charge in [0.1, 0.15) is 0 Å². The topological polar surface area (TPSA) is 60.0 Å². The molecule has 1 atom stereocenters. The molecule has 0 radical (unpaired) electrons. The molecule has 4 nitrogen and oxygen atoms in total. The van der Waals surface area contributed by atoms with Gasteiger partial charge in [-0.15, -0.1) is 0 Å². The standard InChI is InChI=1S/C24H39N3O/c1-3-4-5-6-7-8-9-10-11-14-17-26-24(28)27-19-21(18-20(2)25)22-15-12-13-16-23(22)27/h12-13,15-16,19-20H,3-11,14,17-18,25H2,1-2H3,(H,26,28)/t20-/m1/s1. The van der Waals surface area contributed by atoms with E-state index in [0.29, 0.717) is 0 Å². The second-order valence-corrected chi connectivity index (χ2v) is 8.14. The van der Waals surface area contributed by atoms with Crippen molar-refractivity contribution in [1.29, 1.82) is 0 Å². The number of nitrogens with two attached hydrogens (primary N) is 1. The number of benzene rings is 1. The third-order valence-electron chi connectivity index (χ3n) is 5.36. The molecular weight excluding hydrogens is 346 g/mol. The molecule has 1 aromatic heterocycles. The molecule has 0 unspecified atom stereocenters. The van der Waals surface area contributed by atoms with Crippen molar-refractivity contribution in [2.75, 3.05) is 6.54 Å². The molecule has 0 aliphatic carbocycles. The van der Waals surface area contributed by atoms with Crippen molar-refractivity contribution in [1.82, 2.24) is 9.88 Å². The minimum atomic E-state index is -0.0388. The van der Waals surface area contributed by atoms with Crippen LogP contribution < -0.4 is 11.1 Å². The van der Waals surface area contributed by atoms with Crippen molar-refractivity contribution in [3.63, 3.8) is 0 Å². The number of rotatable bonds is 13. The largest absolute Gasteiger partial charge is 0.337 e. The van der Waals surface area contributed by atoms with Crippen LogP contribution in [0.5, 0.6) is 0 Å². The molecule has 28 heavy (non-hydrogen) atoms. The normalized spacial score (nSPS) is 12.4. The Morgan fingerprint density at radius 1 is 1.00 bits per heavy atom. The molecule has 0 spiro atoms. The molecule has 0 bridgehead atoms. The van der Waals surface area contributed by atoms with E-state index >= 15 is 0 Å². The van der Waals surface area contributed by atoms with Gasteiger partial charge in [-0.05, 0) is 31.4 Å². The predicted molar refractivity (Wildman–Crippen MR) is 120 cm³/mol. The first-order valence-corrected chi connectivity index (χ1v) is 11.3. The third-order valence-corrected chi connectivity index (χ3v) is 5.36. The van der Waals surface area contributed by atoms with Crippen molar-refractivity contribution in [3.05, 3.63) is 36.0 Å². The number of para-hydroxylation sites is 1. The van der Waals surface area contributed by atoms with Crippen molar-refractivity contribution in [3.8, 4) is 0 Å². The van der Waals surface area contributed by atoms with Crippen LogP contribution >= 0.6 is 0 Å². The van der Waals surface area contributed by atoms with Gasteiger partial charge in [0, 0.05) is 24.2 Å². The molecule has 2 aromatic rings. The van der Waals surface area contributed by atoms with Gasteiger partial charge >= 0.3 is 6.03 Å². The highest BCUT2D eigenvalue weighted by atomic mass is 16.2. The monoisotopic (exact) mass is 385 g/mol. The molecule has 0 fully saturated rings. The van der Waals surface area contributed by atoms with E-state index in [2.05, 4.69) is 18.3 Å². The summed E-state index contributed by atoms with van der Waals surface area (Å²) in [6.45, 7) is 5.00. The van der Waals surface area contributed by atoms with Gasteiger partial charge in [-0.3, -0.25) is 4.57 Å². The van der Waals surface area contributed by atoms with E-state index in [0.717, 1.165) is 35.9 Å². The second-order valence-electron chi connectivity index (χ2n) is 8.14. The van der Waals surface area contributed by atoms with Gasteiger partial charge in [0.05, 0.1) is 5.52 Å². The number of carbonyl (C=O) groups excluding carboxylic acids is 1. The van der Waals surface area contributed by atoms with Gasteiger partial charge in [0.2, 0.25) is 0 Å². The van der Waals surface area contributed by atoms with Crippen LogP contribution in [0.1, 0.15) is 83.6 Å². The Balaban J connectivity index is 1.69. The van der Waals surface area contributed by atoms with Crippen molar-refractivity contribution in [2.45, 2.75) is 90.5 Å². The Morgan fingerprint density at radius 3 is 2.25 bits per heavy atom. The number of fused-ring (bicyclic) bond motifs is 1. The van der Waals surface area contributed by atoms with Crippen LogP contribution in [0.15, 0.2) is 30.5 Å². The van der Waals surface area contributed by atoms with Gasteiger partial charge in [0.15, 0.2) is 0 Å². The maximum atomic E-state index is 12.6. The number of hydrogen-bond donors (Lipinski definition) is 2. The molecule has 0 aliphatic heterocycles. The summed E-state index contributed by atoms with van der Waals surface area (Å²) in [5.74, 6) is 0. The van der Waals surface area contributed by atoms with Gasteiger partial charge in [-0.1, -0.05) is 82.9 Å². The van der Waals surface area contributed by atoms with Crippen LogP contribution in [-0.2, 0) is 6.42 Å². The lowest BCUT2D eigenvalue weighted by Gasteiger charge is -2.07. The zero-order chi connectivity index (χ0) is 20.2. The number of aromatic nitrogens is 1. The van der Waals surface area contributed by atoms with Crippen LogP contribution in [0.2, 0.25) is 0 Å². The summed E-state index contributed by atoms with van der Waals surface area (Å²) in [6.07, 6.45) is 15.8. The first-order chi connectivity index (χ1) is 13.6. The lowest BCUT2D eigenvalue weighted by Crippen LogP contribution is -2.28. The van der Waals surface area contributed by atoms with E-state index < -0.39 is 0 Å². The highest BCUT2D eigenvalue weighted by Gasteiger charge is 2.13. The number of carbonyl (C=O) groups is 1. The molecule has 1 heterocycles. The average molecular weight is 386 g/mol. The predicted octanol–water partition coefficient (Wildman–Crippen LogP) is 6.01. The third kappa shape index (κ3) is 7.31. The van der Waals surface area contributed by atoms with Crippen LogP contribution in [0.25, 0.3) is 10.9 Å². The van der Waals surface area contributed by atoms with Crippen LogP contribution in [0, 0.1) is 0 Å². The molecule has 4 heteroatoms. The fraction of sp³-hybridized carbons (Fsp3) is 0.625. The summed E-state index contributed by atoms with van der Waals surface area (Å²) >= 11 is 0. The van der Waals surface area contributed by atoms with Crippen LogP contribution in [0.4, 0.5) is 4.79 Å². The average Bonchev–Trinajstić information content (AvgIpc) is 3.04. The van der Waals surface area contributed by atoms with Gasteiger partial charge in [-0.25, -0.2) is 4.79 Å². The minimum absolute atomic E-state index is 0.0388. The highest BCUT2D eigenvalue weighted by molar-refractivity contribution is 5.93. The molecule has 0 saturated heterocycles. The molecule has 0 saturated carbocycles. The van der Waals surface area contributed by atoms with E-state index in [-0.39, 0.29) is 12.1 Å². The van der Waals surface area contributed by atoms with E-state index in [1.54, 1.807) is 4.57 Å². The maximum absolute atomic E-state index is 12.6. The summed E-state index contributed by atoms with van der Waals surface area (Å²) < 4.78 is 1.74. The van der Waals surface area contributed by atoms with Crippen molar-refractivity contribution < 1.29 is 4.79 Å².